The number of nitrogens with one attached hydrogen (secondary N) is 1. The van der Waals surface area contributed by atoms with Crippen molar-refractivity contribution in [2.45, 2.75) is 6.92 Å². The topological polar surface area (TPSA) is 68.5 Å². The average molecular weight is 369 g/mol. The number of para-hydroxylation sites is 2. The van der Waals surface area contributed by atoms with Crippen LogP contribution in [0.1, 0.15) is 6.92 Å². The molecule has 0 saturated carbocycles. The van der Waals surface area contributed by atoms with Crippen LogP contribution in [0.3, 0.4) is 0 Å². The van der Waals surface area contributed by atoms with Crippen molar-refractivity contribution in [2.24, 2.45) is 4.99 Å². The summed E-state index contributed by atoms with van der Waals surface area (Å²) in [5.74, 6) is 0.491. The van der Waals surface area contributed by atoms with E-state index < -0.39 is 6.03 Å². The van der Waals surface area contributed by atoms with Crippen molar-refractivity contribution in [2.75, 3.05) is 11.9 Å². The Hall–Kier alpha value is -3.12. The Labute approximate surface area is 155 Å². The fourth-order valence-electron chi connectivity index (χ4n) is 2.30. The second-order valence-electron chi connectivity index (χ2n) is 5.25. The zero-order valence-electron chi connectivity index (χ0n) is 14.1. The van der Waals surface area contributed by atoms with Gasteiger partial charge in [-0.05, 0) is 31.2 Å². The summed E-state index contributed by atoms with van der Waals surface area (Å²) in [5.41, 5.74) is 1.35. The smallest absolute Gasteiger partial charge is 0.346 e. The normalized spacial score (nSPS) is 11.2. The number of halogens is 1. The van der Waals surface area contributed by atoms with Crippen LogP contribution in [0.25, 0.3) is 5.69 Å². The predicted octanol–water partition coefficient (Wildman–Crippen LogP) is 4.06. The minimum absolute atomic E-state index is 0.380. The summed E-state index contributed by atoms with van der Waals surface area (Å²) in [6, 6.07) is 17.7. The van der Waals surface area contributed by atoms with Gasteiger partial charge in [-0.15, -0.1) is 0 Å². The maximum atomic E-state index is 12.1. The molecule has 0 fully saturated rings. The Morgan fingerprint density at radius 1 is 1.19 bits per heavy atom. The van der Waals surface area contributed by atoms with E-state index in [9.17, 15) is 4.79 Å². The minimum atomic E-state index is -0.542. The summed E-state index contributed by atoms with van der Waals surface area (Å²) in [7, 11) is 0. The van der Waals surface area contributed by atoms with Crippen molar-refractivity contribution < 1.29 is 9.53 Å². The molecule has 132 valence electrons. The molecule has 0 aliphatic carbocycles. The lowest BCUT2D eigenvalue weighted by atomic mass is 10.3. The monoisotopic (exact) mass is 368 g/mol. The molecular weight excluding hydrogens is 352 g/mol. The van der Waals surface area contributed by atoms with E-state index >= 15 is 0 Å². The van der Waals surface area contributed by atoms with Crippen molar-refractivity contribution in [1.82, 2.24) is 9.78 Å². The molecule has 0 spiro atoms. The van der Waals surface area contributed by atoms with Gasteiger partial charge in [0.1, 0.15) is 0 Å². The summed E-state index contributed by atoms with van der Waals surface area (Å²) in [5, 5.41) is 7.80. The van der Waals surface area contributed by atoms with Gasteiger partial charge in [0.25, 0.3) is 0 Å². The van der Waals surface area contributed by atoms with E-state index in [-0.39, 0.29) is 0 Å². The number of carbonyl (C=O) groups excluding carboxylic acids is 1. The summed E-state index contributed by atoms with van der Waals surface area (Å²) >= 11 is 6.03. The van der Waals surface area contributed by atoms with Gasteiger partial charge < -0.3 is 10.1 Å². The minimum Gasteiger partial charge on any atom is -0.478 e. The summed E-state index contributed by atoms with van der Waals surface area (Å²) in [6.07, 6.45) is 1.50. The summed E-state index contributed by atoms with van der Waals surface area (Å²) in [6.45, 7) is 2.34. The van der Waals surface area contributed by atoms with Crippen LogP contribution in [-0.2, 0) is 0 Å². The van der Waals surface area contributed by atoms with E-state index in [4.69, 9.17) is 16.3 Å². The third-order valence-electron chi connectivity index (χ3n) is 3.42. The van der Waals surface area contributed by atoms with Gasteiger partial charge in [0.05, 0.1) is 34.6 Å². The molecule has 7 heteroatoms. The van der Waals surface area contributed by atoms with Gasteiger partial charge in [-0.2, -0.15) is 10.1 Å². The lowest BCUT2D eigenvalue weighted by Gasteiger charge is -2.11. The molecule has 3 aromatic rings. The fourth-order valence-corrected chi connectivity index (χ4v) is 2.48. The third-order valence-corrected chi connectivity index (χ3v) is 3.75. The van der Waals surface area contributed by atoms with Crippen LogP contribution in [0.2, 0.25) is 5.02 Å². The molecule has 3 rings (SSSR count). The van der Waals surface area contributed by atoms with Crippen molar-refractivity contribution in [3.8, 4) is 11.6 Å². The lowest BCUT2D eigenvalue weighted by Crippen LogP contribution is -2.17. The highest BCUT2D eigenvalue weighted by molar-refractivity contribution is 6.33. The number of ether oxygens (including phenoxy) is 1. The zero-order valence-corrected chi connectivity index (χ0v) is 14.8. The molecule has 0 aliphatic heterocycles. The number of anilines is 1. The van der Waals surface area contributed by atoms with Crippen LogP contribution < -0.4 is 15.4 Å². The first kappa shape index (κ1) is 17.7. The molecule has 1 N–H and O–H groups in total. The van der Waals surface area contributed by atoms with Crippen LogP contribution in [0.4, 0.5) is 10.5 Å². The molecule has 0 bridgehead atoms. The van der Waals surface area contributed by atoms with Crippen LogP contribution in [0.5, 0.6) is 5.88 Å². The zero-order chi connectivity index (χ0) is 18.4. The highest BCUT2D eigenvalue weighted by Gasteiger charge is 2.07. The quantitative estimate of drug-likeness (QED) is 0.755. The maximum absolute atomic E-state index is 12.1. The van der Waals surface area contributed by atoms with E-state index in [0.29, 0.717) is 28.6 Å². The molecule has 0 radical (unpaired) electrons. The van der Waals surface area contributed by atoms with Crippen LogP contribution in [0, 0.1) is 0 Å². The third kappa shape index (κ3) is 4.29. The number of hydrogen-bond donors (Lipinski definition) is 1. The predicted molar refractivity (Wildman–Crippen MR) is 101 cm³/mol. The van der Waals surface area contributed by atoms with Gasteiger partial charge in [0.15, 0.2) is 0 Å². The van der Waals surface area contributed by atoms with Crippen LogP contribution in [-0.4, -0.2) is 22.4 Å². The number of urea groups is 1. The van der Waals surface area contributed by atoms with E-state index in [0.717, 1.165) is 5.69 Å². The van der Waals surface area contributed by atoms with Gasteiger partial charge in [0.2, 0.25) is 5.88 Å². The Morgan fingerprint density at radius 2 is 1.92 bits per heavy atom. The molecule has 26 heavy (non-hydrogen) atoms. The molecule has 6 nitrogen and oxygen atoms in total. The Kier molecular flexibility index (Phi) is 5.66. The maximum Gasteiger partial charge on any atom is 0.346 e. The SMILES string of the molecule is CCOc1cc(=NC(=O)Nc2ccccc2Cl)cnn1-c1ccccc1. The molecule has 0 atom stereocenters. The second-order valence-corrected chi connectivity index (χ2v) is 5.66. The number of carbonyl (C=O) groups is 1. The number of aromatic nitrogens is 2. The van der Waals surface area contributed by atoms with E-state index in [1.54, 1.807) is 35.0 Å². The molecular formula is C19H17ClN4O2. The van der Waals surface area contributed by atoms with Gasteiger partial charge in [-0.3, -0.25) is 0 Å². The number of hydrogen-bond acceptors (Lipinski definition) is 3. The van der Waals surface area contributed by atoms with Gasteiger partial charge in [-0.25, -0.2) is 9.48 Å². The van der Waals surface area contributed by atoms with E-state index in [1.165, 1.54) is 6.20 Å². The fraction of sp³-hybridized carbons (Fsp3) is 0.105. The Balaban J connectivity index is 1.90. The lowest BCUT2D eigenvalue weighted by molar-refractivity contribution is 0.259. The molecule has 1 aromatic heterocycles. The van der Waals surface area contributed by atoms with E-state index in [2.05, 4.69) is 15.4 Å². The van der Waals surface area contributed by atoms with E-state index in [1.807, 2.05) is 37.3 Å². The van der Waals surface area contributed by atoms with Gasteiger partial charge in [0, 0.05) is 6.07 Å². The van der Waals surface area contributed by atoms with Crippen LogP contribution >= 0.6 is 11.6 Å². The average Bonchev–Trinajstić information content (AvgIpc) is 2.65. The summed E-state index contributed by atoms with van der Waals surface area (Å²) in [4.78, 5) is 16.2. The van der Waals surface area contributed by atoms with Crippen LogP contribution in [0.15, 0.2) is 71.9 Å². The molecule has 0 aliphatic rings. The molecule has 2 aromatic carbocycles. The molecule has 1 heterocycles. The second kappa shape index (κ2) is 8.31. The Bertz CT molecular complexity index is 971. The Morgan fingerprint density at radius 3 is 2.65 bits per heavy atom. The first-order valence-corrected chi connectivity index (χ1v) is 8.43. The number of benzene rings is 2. The number of nitrogens with zero attached hydrogens (tertiary/aromatic N) is 3. The molecule has 0 saturated heterocycles. The number of amides is 2. The number of rotatable bonds is 4. The van der Waals surface area contributed by atoms with Gasteiger partial charge >= 0.3 is 6.03 Å². The first-order chi connectivity index (χ1) is 12.7. The first-order valence-electron chi connectivity index (χ1n) is 8.05. The van der Waals surface area contributed by atoms with Gasteiger partial charge in [-0.1, -0.05) is 41.9 Å². The highest BCUT2D eigenvalue weighted by atomic mass is 35.5. The van der Waals surface area contributed by atoms with Crippen molar-refractivity contribution in [3.63, 3.8) is 0 Å². The summed E-state index contributed by atoms with van der Waals surface area (Å²) < 4.78 is 7.29. The van der Waals surface area contributed by atoms with Crippen molar-refractivity contribution >= 4 is 23.3 Å². The van der Waals surface area contributed by atoms with Crippen molar-refractivity contribution in [1.29, 1.82) is 0 Å². The standard InChI is InChI=1S/C19H17ClN4O2/c1-2-26-18-12-14(13-21-24(18)15-8-4-3-5-9-15)22-19(25)23-17-11-7-6-10-16(17)20/h3-13H,2H2,1H3,(H,23,25). The highest BCUT2D eigenvalue weighted by Crippen LogP contribution is 2.20. The molecule has 2 amide bonds. The largest absolute Gasteiger partial charge is 0.478 e. The molecule has 0 unspecified atom stereocenters. The van der Waals surface area contributed by atoms with Crippen molar-refractivity contribution in [3.05, 3.63) is 77.2 Å².